The molecule has 1 saturated heterocycles. The summed E-state index contributed by atoms with van der Waals surface area (Å²) in [5, 5.41) is 3.08. The fourth-order valence-electron chi connectivity index (χ4n) is 2.75. The van der Waals surface area contributed by atoms with Crippen molar-refractivity contribution in [3.63, 3.8) is 0 Å². The zero-order valence-corrected chi connectivity index (χ0v) is 15.0. The molecular formula is C15H23ClN2O4S. The number of rotatable bonds is 6. The van der Waals surface area contributed by atoms with Gasteiger partial charge < -0.3 is 10.1 Å². The van der Waals surface area contributed by atoms with Gasteiger partial charge in [0.25, 0.3) is 0 Å². The summed E-state index contributed by atoms with van der Waals surface area (Å²) in [6, 6.07) is 6.67. The van der Waals surface area contributed by atoms with Crippen LogP contribution in [-0.4, -0.2) is 52.5 Å². The third-order valence-electron chi connectivity index (χ3n) is 3.90. The normalized spacial score (nSPS) is 18.4. The number of ether oxygens (including phenoxy) is 1. The van der Waals surface area contributed by atoms with E-state index in [-0.39, 0.29) is 18.2 Å². The van der Waals surface area contributed by atoms with Crippen LogP contribution in [0.25, 0.3) is 0 Å². The first-order valence-electron chi connectivity index (χ1n) is 7.26. The first-order chi connectivity index (χ1) is 10.5. The number of esters is 1. The van der Waals surface area contributed by atoms with Crippen LogP contribution in [0.2, 0.25) is 0 Å². The lowest BCUT2D eigenvalue weighted by Gasteiger charge is -2.17. The molecule has 1 unspecified atom stereocenters. The van der Waals surface area contributed by atoms with Gasteiger partial charge in [-0.25, -0.2) is 17.5 Å². The molecule has 0 spiro atoms. The molecule has 23 heavy (non-hydrogen) atoms. The highest BCUT2D eigenvalue weighted by Crippen LogP contribution is 2.22. The van der Waals surface area contributed by atoms with Crippen molar-refractivity contribution in [2.45, 2.75) is 12.2 Å². The van der Waals surface area contributed by atoms with Crippen LogP contribution in [0, 0.1) is 5.92 Å². The van der Waals surface area contributed by atoms with Crippen molar-refractivity contribution in [1.82, 2.24) is 9.62 Å². The summed E-state index contributed by atoms with van der Waals surface area (Å²) in [4.78, 5) is 11.7. The zero-order valence-electron chi connectivity index (χ0n) is 13.3. The number of sulfonamides is 1. The Kier molecular flexibility index (Phi) is 7.47. The zero-order chi connectivity index (χ0) is 16.2. The summed E-state index contributed by atoms with van der Waals surface area (Å²) in [7, 11) is -0.278. The Hall–Kier alpha value is -1.15. The second-order valence-electron chi connectivity index (χ2n) is 5.48. The quantitative estimate of drug-likeness (QED) is 0.771. The van der Waals surface area contributed by atoms with Crippen molar-refractivity contribution in [2.24, 2.45) is 5.92 Å². The molecular weight excluding hydrogens is 340 g/mol. The van der Waals surface area contributed by atoms with E-state index in [1.165, 1.54) is 11.4 Å². The molecule has 1 aromatic rings. The number of carbonyl (C=O) groups excluding carboxylic acids is 1. The Labute approximate surface area is 143 Å². The molecule has 8 heteroatoms. The van der Waals surface area contributed by atoms with E-state index in [1.807, 2.05) is 7.05 Å². The molecule has 0 amide bonds. The van der Waals surface area contributed by atoms with Crippen LogP contribution < -0.4 is 5.32 Å². The van der Waals surface area contributed by atoms with E-state index < -0.39 is 16.0 Å². The highest BCUT2D eigenvalue weighted by molar-refractivity contribution is 7.88. The average molecular weight is 363 g/mol. The van der Waals surface area contributed by atoms with Gasteiger partial charge in [-0.1, -0.05) is 18.2 Å². The number of methoxy groups -OCH3 is 1. The number of nitrogens with zero attached hydrogens (tertiary/aromatic N) is 1. The van der Waals surface area contributed by atoms with Crippen molar-refractivity contribution < 1.29 is 17.9 Å². The van der Waals surface area contributed by atoms with Crippen LogP contribution in [0.15, 0.2) is 24.3 Å². The maximum atomic E-state index is 12.6. The second-order valence-corrected chi connectivity index (χ2v) is 7.44. The van der Waals surface area contributed by atoms with Gasteiger partial charge in [-0.2, -0.15) is 0 Å². The number of nitrogens with one attached hydrogen (secondary N) is 1. The van der Waals surface area contributed by atoms with Crippen molar-refractivity contribution in [1.29, 1.82) is 0 Å². The molecule has 1 aliphatic rings. The van der Waals surface area contributed by atoms with Crippen LogP contribution in [0.5, 0.6) is 0 Å². The van der Waals surface area contributed by atoms with Gasteiger partial charge >= 0.3 is 5.97 Å². The number of hydrogen-bond acceptors (Lipinski definition) is 5. The van der Waals surface area contributed by atoms with Gasteiger partial charge in [-0.15, -0.1) is 12.4 Å². The molecule has 0 saturated carbocycles. The molecule has 130 valence electrons. The average Bonchev–Trinajstić information content (AvgIpc) is 2.97. The largest absolute Gasteiger partial charge is 0.465 e. The summed E-state index contributed by atoms with van der Waals surface area (Å²) in [5.41, 5.74) is 0.783. The summed E-state index contributed by atoms with van der Waals surface area (Å²) < 4.78 is 31.4. The van der Waals surface area contributed by atoms with E-state index in [4.69, 9.17) is 4.74 Å². The minimum atomic E-state index is -3.43. The summed E-state index contributed by atoms with van der Waals surface area (Å²) in [6.07, 6.45) is 0.860. The van der Waals surface area contributed by atoms with Crippen molar-refractivity contribution >= 4 is 28.4 Å². The summed E-state index contributed by atoms with van der Waals surface area (Å²) in [5.74, 6) is -0.347. The van der Waals surface area contributed by atoms with Crippen LogP contribution in [0.1, 0.15) is 22.3 Å². The van der Waals surface area contributed by atoms with Crippen molar-refractivity contribution in [3.05, 3.63) is 35.4 Å². The Morgan fingerprint density at radius 2 is 2.09 bits per heavy atom. The molecule has 1 aromatic carbocycles. The summed E-state index contributed by atoms with van der Waals surface area (Å²) in [6.45, 7) is 1.88. The van der Waals surface area contributed by atoms with Crippen LogP contribution in [0.3, 0.4) is 0 Å². The van der Waals surface area contributed by atoms with E-state index in [0.29, 0.717) is 30.1 Å². The van der Waals surface area contributed by atoms with Gasteiger partial charge in [0.2, 0.25) is 10.0 Å². The monoisotopic (exact) mass is 362 g/mol. The van der Waals surface area contributed by atoms with Gasteiger partial charge in [0.15, 0.2) is 0 Å². The number of hydrogen-bond donors (Lipinski definition) is 1. The number of benzene rings is 1. The molecule has 1 heterocycles. The van der Waals surface area contributed by atoms with Gasteiger partial charge in [0.1, 0.15) is 0 Å². The standard InChI is InChI=1S/C15H22N2O4S.ClH/c1-16-9-12-7-8-17(10-12)22(19,20)11-13-5-3-4-6-14(13)15(18)21-2;/h3-6,12,16H,7-11H2,1-2H3;1H. The van der Waals surface area contributed by atoms with Crippen LogP contribution in [0.4, 0.5) is 0 Å². The van der Waals surface area contributed by atoms with Gasteiger partial charge in [-0.05, 0) is 37.6 Å². The van der Waals surface area contributed by atoms with Crippen LogP contribution in [-0.2, 0) is 20.5 Å². The highest BCUT2D eigenvalue weighted by atomic mass is 35.5. The molecule has 0 radical (unpaired) electrons. The maximum absolute atomic E-state index is 12.6. The predicted octanol–water partition coefficient (Wildman–Crippen LogP) is 1.27. The lowest BCUT2D eigenvalue weighted by molar-refractivity contribution is 0.0600. The lowest BCUT2D eigenvalue weighted by atomic mass is 10.1. The molecule has 2 rings (SSSR count). The minimum Gasteiger partial charge on any atom is -0.465 e. The Bertz CT molecular complexity index is 636. The van der Waals surface area contributed by atoms with E-state index in [9.17, 15) is 13.2 Å². The van der Waals surface area contributed by atoms with E-state index in [2.05, 4.69) is 5.32 Å². The SMILES string of the molecule is CNCC1CCN(S(=O)(=O)Cc2ccccc2C(=O)OC)C1.Cl. The van der Waals surface area contributed by atoms with Crippen LogP contribution >= 0.6 is 12.4 Å². The van der Waals surface area contributed by atoms with Crippen molar-refractivity contribution in [2.75, 3.05) is 33.8 Å². The third kappa shape index (κ3) is 4.91. The Balaban J connectivity index is 0.00000264. The third-order valence-corrected chi connectivity index (χ3v) is 5.69. The Morgan fingerprint density at radius 1 is 1.39 bits per heavy atom. The molecule has 1 atom stereocenters. The topological polar surface area (TPSA) is 75.7 Å². The molecule has 1 fully saturated rings. The minimum absolute atomic E-state index is 0. The molecule has 0 aromatic heterocycles. The first-order valence-corrected chi connectivity index (χ1v) is 8.87. The first kappa shape index (κ1) is 19.9. The van der Waals surface area contributed by atoms with Gasteiger partial charge in [0, 0.05) is 13.1 Å². The number of halogens is 1. The van der Waals surface area contributed by atoms with E-state index in [0.717, 1.165) is 13.0 Å². The Morgan fingerprint density at radius 3 is 2.74 bits per heavy atom. The van der Waals surface area contributed by atoms with E-state index in [1.54, 1.807) is 24.3 Å². The van der Waals surface area contributed by atoms with Gasteiger partial charge in [-0.3, -0.25) is 0 Å². The summed E-state index contributed by atoms with van der Waals surface area (Å²) >= 11 is 0. The second kappa shape index (κ2) is 8.63. The highest BCUT2D eigenvalue weighted by Gasteiger charge is 2.31. The predicted molar refractivity (Wildman–Crippen MR) is 91.3 cm³/mol. The molecule has 1 aliphatic heterocycles. The van der Waals surface area contributed by atoms with Crippen molar-refractivity contribution in [3.8, 4) is 0 Å². The van der Waals surface area contributed by atoms with Gasteiger partial charge in [0.05, 0.1) is 18.4 Å². The fraction of sp³-hybridized carbons (Fsp3) is 0.533. The van der Waals surface area contributed by atoms with E-state index >= 15 is 0 Å². The maximum Gasteiger partial charge on any atom is 0.338 e. The number of carbonyl (C=O) groups is 1. The molecule has 6 nitrogen and oxygen atoms in total. The smallest absolute Gasteiger partial charge is 0.338 e. The molecule has 0 aliphatic carbocycles. The fourth-order valence-corrected chi connectivity index (χ4v) is 4.40. The lowest BCUT2D eigenvalue weighted by Crippen LogP contribution is -2.31. The molecule has 0 bridgehead atoms. The molecule has 1 N–H and O–H groups in total.